The lowest BCUT2D eigenvalue weighted by Crippen LogP contribution is -2.25. The van der Waals surface area contributed by atoms with Crippen molar-refractivity contribution in [2.75, 3.05) is 11.9 Å². The van der Waals surface area contributed by atoms with E-state index < -0.39 is 0 Å². The van der Waals surface area contributed by atoms with Crippen molar-refractivity contribution in [3.05, 3.63) is 35.9 Å². The van der Waals surface area contributed by atoms with Crippen molar-refractivity contribution < 1.29 is 0 Å². The molecule has 1 aliphatic heterocycles. The molecule has 0 unspecified atom stereocenters. The average Bonchev–Trinajstić information content (AvgIpc) is 2.59. The molecule has 2 aromatic heterocycles. The van der Waals surface area contributed by atoms with Crippen LogP contribution in [0.5, 0.6) is 0 Å². The first-order chi connectivity index (χ1) is 7.25. The quantitative estimate of drug-likeness (QED) is 0.646. The van der Waals surface area contributed by atoms with Gasteiger partial charge in [-0.15, -0.1) is 0 Å². The van der Waals surface area contributed by atoms with Crippen molar-refractivity contribution in [2.24, 2.45) is 0 Å². The SMILES string of the molecule is Cc1cc2n(n1)-c1ccncc1N(C)C2. The smallest absolute Gasteiger partial charge is 0.0914 e. The molecule has 0 saturated heterocycles. The third-order valence-electron chi connectivity index (χ3n) is 2.72. The van der Waals surface area contributed by atoms with E-state index in [2.05, 4.69) is 28.1 Å². The first-order valence-electron chi connectivity index (χ1n) is 4.97. The molecule has 0 saturated carbocycles. The third kappa shape index (κ3) is 1.14. The topological polar surface area (TPSA) is 34.0 Å². The molecule has 4 heteroatoms. The minimum atomic E-state index is 0.888. The molecule has 3 heterocycles. The lowest BCUT2D eigenvalue weighted by Gasteiger charge is -2.27. The van der Waals surface area contributed by atoms with E-state index in [4.69, 9.17) is 0 Å². The Balaban J connectivity index is 2.29. The molecule has 76 valence electrons. The number of aromatic nitrogens is 3. The fraction of sp³-hybridized carbons (Fsp3) is 0.273. The zero-order valence-corrected chi connectivity index (χ0v) is 8.81. The van der Waals surface area contributed by atoms with E-state index in [0.29, 0.717) is 0 Å². The van der Waals surface area contributed by atoms with Crippen LogP contribution < -0.4 is 4.90 Å². The highest BCUT2D eigenvalue weighted by Crippen LogP contribution is 2.29. The zero-order valence-electron chi connectivity index (χ0n) is 8.81. The normalized spacial score (nSPS) is 13.6. The molecule has 3 rings (SSSR count). The summed E-state index contributed by atoms with van der Waals surface area (Å²) in [6.45, 7) is 2.91. The molecule has 0 spiro atoms. The molecule has 0 radical (unpaired) electrons. The summed E-state index contributed by atoms with van der Waals surface area (Å²) < 4.78 is 2.01. The van der Waals surface area contributed by atoms with Crippen LogP contribution in [0.1, 0.15) is 11.4 Å². The van der Waals surface area contributed by atoms with Crippen molar-refractivity contribution in [3.63, 3.8) is 0 Å². The summed E-state index contributed by atoms with van der Waals surface area (Å²) in [7, 11) is 2.08. The van der Waals surface area contributed by atoms with Gasteiger partial charge in [0.05, 0.1) is 35.5 Å². The predicted molar refractivity (Wildman–Crippen MR) is 58.2 cm³/mol. The largest absolute Gasteiger partial charge is 0.366 e. The molecule has 2 aromatic rings. The van der Waals surface area contributed by atoms with Crippen LogP contribution in [0, 0.1) is 6.92 Å². The maximum atomic E-state index is 4.49. The second kappa shape index (κ2) is 2.82. The molecular weight excluding hydrogens is 188 g/mol. The van der Waals surface area contributed by atoms with E-state index in [9.17, 15) is 0 Å². The molecule has 15 heavy (non-hydrogen) atoms. The van der Waals surface area contributed by atoms with Gasteiger partial charge < -0.3 is 4.90 Å². The lowest BCUT2D eigenvalue weighted by molar-refractivity contribution is 0.733. The number of nitrogens with zero attached hydrogens (tertiary/aromatic N) is 4. The van der Waals surface area contributed by atoms with E-state index in [1.54, 1.807) is 6.20 Å². The van der Waals surface area contributed by atoms with Gasteiger partial charge in [0.15, 0.2) is 0 Å². The van der Waals surface area contributed by atoms with Crippen LogP contribution in [0.15, 0.2) is 24.5 Å². The molecule has 0 atom stereocenters. The highest BCUT2D eigenvalue weighted by atomic mass is 15.3. The fourth-order valence-electron chi connectivity index (χ4n) is 2.05. The molecule has 0 fully saturated rings. The number of fused-ring (bicyclic) bond motifs is 3. The highest BCUT2D eigenvalue weighted by Gasteiger charge is 2.20. The molecule has 0 amide bonds. The van der Waals surface area contributed by atoms with Crippen molar-refractivity contribution >= 4 is 5.69 Å². The molecule has 4 nitrogen and oxygen atoms in total. The number of pyridine rings is 1. The Bertz CT molecular complexity index is 515. The van der Waals surface area contributed by atoms with Gasteiger partial charge in [0, 0.05) is 13.2 Å². The Morgan fingerprint density at radius 3 is 3.07 bits per heavy atom. The Hall–Kier alpha value is -1.84. The summed E-state index contributed by atoms with van der Waals surface area (Å²) in [5, 5.41) is 4.49. The minimum Gasteiger partial charge on any atom is -0.366 e. The average molecular weight is 200 g/mol. The predicted octanol–water partition coefficient (Wildman–Crippen LogP) is 1.53. The van der Waals surface area contributed by atoms with Crippen LogP contribution in [0.4, 0.5) is 5.69 Å². The van der Waals surface area contributed by atoms with Crippen LogP contribution in [0.3, 0.4) is 0 Å². The summed E-state index contributed by atoms with van der Waals surface area (Å²) in [6, 6.07) is 4.13. The molecule has 0 aromatic carbocycles. The van der Waals surface area contributed by atoms with Crippen molar-refractivity contribution in [1.29, 1.82) is 0 Å². The highest BCUT2D eigenvalue weighted by molar-refractivity contribution is 5.63. The van der Waals surface area contributed by atoms with E-state index in [1.807, 2.05) is 23.9 Å². The number of aryl methyl sites for hydroxylation is 1. The van der Waals surface area contributed by atoms with Gasteiger partial charge in [0.1, 0.15) is 0 Å². The van der Waals surface area contributed by atoms with Crippen molar-refractivity contribution in [2.45, 2.75) is 13.5 Å². The number of rotatable bonds is 0. The fourth-order valence-corrected chi connectivity index (χ4v) is 2.05. The van der Waals surface area contributed by atoms with Gasteiger partial charge in [-0.2, -0.15) is 5.10 Å². The minimum absolute atomic E-state index is 0.888. The van der Waals surface area contributed by atoms with E-state index >= 15 is 0 Å². The summed E-state index contributed by atoms with van der Waals surface area (Å²) >= 11 is 0. The first kappa shape index (κ1) is 8.47. The van der Waals surface area contributed by atoms with Gasteiger partial charge in [-0.05, 0) is 19.1 Å². The Morgan fingerprint density at radius 1 is 1.33 bits per heavy atom. The van der Waals surface area contributed by atoms with Gasteiger partial charge in [0.2, 0.25) is 0 Å². The first-order valence-corrected chi connectivity index (χ1v) is 4.97. The molecule has 1 aliphatic rings. The van der Waals surface area contributed by atoms with Gasteiger partial charge in [0.25, 0.3) is 0 Å². The Morgan fingerprint density at radius 2 is 2.20 bits per heavy atom. The van der Waals surface area contributed by atoms with Crippen LogP contribution >= 0.6 is 0 Å². The Kier molecular flexibility index (Phi) is 1.59. The summed E-state index contributed by atoms with van der Waals surface area (Å²) in [6.07, 6.45) is 3.69. The lowest BCUT2D eigenvalue weighted by atomic mass is 10.2. The summed E-state index contributed by atoms with van der Waals surface area (Å²) in [5.41, 5.74) is 4.53. The second-order valence-electron chi connectivity index (χ2n) is 3.91. The van der Waals surface area contributed by atoms with E-state index in [-0.39, 0.29) is 0 Å². The molecular formula is C11H12N4. The van der Waals surface area contributed by atoms with Crippen LogP contribution in [0.2, 0.25) is 0 Å². The van der Waals surface area contributed by atoms with Gasteiger partial charge >= 0.3 is 0 Å². The third-order valence-corrected chi connectivity index (χ3v) is 2.72. The summed E-state index contributed by atoms with van der Waals surface area (Å²) in [5.74, 6) is 0. The molecule has 0 aliphatic carbocycles. The second-order valence-corrected chi connectivity index (χ2v) is 3.91. The van der Waals surface area contributed by atoms with Gasteiger partial charge in [-0.3, -0.25) is 4.98 Å². The van der Waals surface area contributed by atoms with Crippen LogP contribution in [-0.2, 0) is 6.54 Å². The molecule has 0 bridgehead atoms. The summed E-state index contributed by atoms with van der Waals surface area (Å²) in [4.78, 5) is 6.34. The maximum absolute atomic E-state index is 4.49. The standard InChI is InChI=1S/C11H12N4/c1-8-5-9-7-14(2)11-6-12-4-3-10(11)15(9)13-8/h3-6H,7H2,1-2H3. The van der Waals surface area contributed by atoms with Crippen molar-refractivity contribution in [3.8, 4) is 5.69 Å². The number of hydrogen-bond acceptors (Lipinski definition) is 3. The van der Waals surface area contributed by atoms with Gasteiger partial charge in [-0.1, -0.05) is 0 Å². The van der Waals surface area contributed by atoms with Gasteiger partial charge in [-0.25, -0.2) is 4.68 Å². The Labute approximate surface area is 88.2 Å². The van der Waals surface area contributed by atoms with Crippen LogP contribution in [0.25, 0.3) is 5.69 Å². The van der Waals surface area contributed by atoms with E-state index in [1.165, 1.54) is 5.69 Å². The maximum Gasteiger partial charge on any atom is 0.0914 e. The van der Waals surface area contributed by atoms with E-state index in [0.717, 1.165) is 23.6 Å². The molecule has 0 N–H and O–H groups in total. The number of anilines is 1. The van der Waals surface area contributed by atoms with Crippen LogP contribution in [-0.4, -0.2) is 21.8 Å². The monoisotopic (exact) mass is 200 g/mol. The van der Waals surface area contributed by atoms with Crippen molar-refractivity contribution in [1.82, 2.24) is 14.8 Å². The number of hydrogen-bond donors (Lipinski definition) is 0. The zero-order chi connectivity index (χ0) is 10.4.